The zero-order valence-corrected chi connectivity index (χ0v) is 16.6. The quantitative estimate of drug-likeness (QED) is 0.598. The van der Waals surface area contributed by atoms with Crippen molar-refractivity contribution < 1.29 is 14.3 Å². The number of halogens is 1. The molecule has 0 unspecified atom stereocenters. The molecule has 6 nitrogen and oxygen atoms in total. The van der Waals surface area contributed by atoms with Crippen LogP contribution >= 0.6 is 11.6 Å². The summed E-state index contributed by atoms with van der Waals surface area (Å²) in [6.07, 6.45) is 0.809. The maximum Gasteiger partial charge on any atom is 0.306 e. The van der Waals surface area contributed by atoms with Gasteiger partial charge in [-0.3, -0.25) is 4.79 Å². The number of ether oxygens (including phenoxy) is 2. The van der Waals surface area contributed by atoms with Crippen LogP contribution < -0.4 is 4.74 Å². The van der Waals surface area contributed by atoms with E-state index in [1.807, 2.05) is 31.4 Å². The number of aryl methyl sites for hydroxylation is 3. The molecule has 3 aromatic rings. The van der Waals surface area contributed by atoms with Crippen LogP contribution in [0, 0.1) is 20.8 Å². The van der Waals surface area contributed by atoms with Crippen molar-refractivity contribution in [2.24, 2.45) is 0 Å². The SMILES string of the molecule is COc1ccc(Cl)cc1COC(=O)CCc1c(C)nc2cc(C)nn2c1C. The molecule has 0 aliphatic rings. The van der Waals surface area contributed by atoms with Crippen LogP contribution in [-0.2, 0) is 22.6 Å². The number of hydrogen-bond donors (Lipinski definition) is 0. The first kappa shape index (κ1) is 19.2. The molecule has 2 heterocycles. The minimum atomic E-state index is -0.285. The Bertz CT molecular complexity index is 998. The first-order valence-corrected chi connectivity index (χ1v) is 9.07. The van der Waals surface area contributed by atoms with E-state index in [0.29, 0.717) is 17.2 Å². The lowest BCUT2D eigenvalue weighted by Gasteiger charge is -2.12. The summed E-state index contributed by atoms with van der Waals surface area (Å²) in [5.41, 5.74) is 5.39. The molecule has 0 radical (unpaired) electrons. The van der Waals surface area contributed by atoms with Crippen molar-refractivity contribution in [2.75, 3.05) is 7.11 Å². The average molecular weight is 388 g/mol. The van der Waals surface area contributed by atoms with Crippen LogP contribution in [0.5, 0.6) is 5.75 Å². The number of benzene rings is 1. The van der Waals surface area contributed by atoms with Gasteiger partial charge in [0.15, 0.2) is 5.65 Å². The monoisotopic (exact) mass is 387 g/mol. The number of fused-ring (bicyclic) bond motifs is 1. The fourth-order valence-electron chi connectivity index (χ4n) is 3.12. The van der Waals surface area contributed by atoms with Gasteiger partial charge in [-0.1, -0.05) is 11.6 Å². The van der Waals surface area contributed by atoms with Crippen molar-refractivity contribution in [3.05, 3.63) is 57.5 Å². The Morgan fingerprint density at radius 3 is 2.74 bits per heavy atom. The highest BCUT2D eigenvalue weighted by Crippen LogP contribution is 2.23. The minimum Gasteiger partial charge on any atom is -0.496 e. The fraction of sp³-hybridized carbons (Fsp3) is 0.350. The summed E-state index contributed by atoms with van der Waals surface area (Å²) in [6, 6.07) is 7.17. The Balaban J connectivity index is 1.66. The number of carbonyl (C=O) groups excluding carboxylic acids is 1. The van der Waals surface area contributed by atoms with Gasteiger partial charge in [0.05, 0.1) is 12.8 Å². The number of carbonyl (C=O) groups is 1. The molecule has 0 saturated heterocycles. The first-order valence-electron chi connectivity index (χ1n) is 8.69. The zero-order chi connectivity index (χ0) is 19.6. The third-order valence-corrected chi connectivity index (χ3v) is 4.73. The van der Waals surface area contributed by atoms with E-state index in [2.05, 4.69) is 10.1 Å². The molecule has 0 aliphatic carbocycles. The predicted octanol–water partition coefficient (Wildman–Crippen LogP) is 3.99. The van der Waals surface area contributed by atoms with Crippen molar-refractivity contribution in [1.29, 1.82) is 0 Å². The topological polar surface area (TPSA) is 65.7 Å². The largest absolute Gasteiger partial charge is 0.496 e. The van der Waals surface area contributed by atoms with E-state index in [-0.39, 0.29) is 19.0 Å². The van der Waals surface area contributed by atoms with Crippen LogP contribution in [0.2, 0.25) is 5.02 Å². The fourth-order valence-corrected chi connectivity index (χ4v) is 3.32. The van der Waals surface area contributed by atoms with Crippen molar-refractivity contribution in [2.45, 2.75) is 40.2 Å². The molecule has 3 rings (SSSR count). The van der Waals surface area contributed by atoms with Crippen molar-refractivity contribution >= 4 is 23.2 Å². The number of nitrogens with zero attached hydrogens (tertiary/aromatic N) is 3. The predicted molar refractivity (Wildman–Crippen MR) is 103 cm³/mol. The molecule has 0 fully saturated rings. The highest BCUT2D eigenvalue weighted by atomic mass is 35.5. The number of esters is 1. The first-order chi connectivity index (χ1) is 12.9. The van der Waals surface area contributed by atoms with Gasteiger partial charge in [-0.2, -0.15) is 5.10 Å². The summed E-state index contributed by atoms with van der Waals surface area (Å²) in [5, 5.41) is 5.03. The molecule has 1 aromatic carbocycles. The van der Waals surface area contributed by atoms with Gasteiger partial charge in [0, 0.05) is 34.5 Å². The maximum atomic E-state index is 12.2. The minimum absolute atomic E-state index is 0.121. The van der Waals surface area contributed by atoms with Gasteiger partial charge >= 0.3 is 5.97 Å². The van der Waals surface area contributed by atoms with Gasteiger partial charge < -0.3 is 9.47 Å². The Labute approximate surface area is 163 Å². The molecule has 2 aromatic heterocycles. The molecule has 0 saturated carbocycles. The van der Waals surface area contributed by atoms with E-state index in [1.165, 1.54) is 0 Å². The van der Waals surface area contributed by atoms with E-state index in [1.54, 1.807) is 25.3 Å². The van der Waals surface area contributed by atoms with Gasteiger partial charge in [-0.15, -0.1) is 0 Å². The summed E-state index contributed by atoms with van der Waals surface area (Å²) in [7, 11) is 1.57. The highest BCUT2D eigenvalue weighted by Gasteiger charge is 2.14. The molecule has 0 bridgehead atoms. The molecule has 0 amide bonds. The van der Waals surface area contributed by atoms with Crippen molar-refractivity contribution in [1.82, 2.24) is 14.6 Å². The summed E-state index contributed by atoms with van der Waals surface area (Å²) >= 11 is 6.00. The third kappa shape index (κ3) is 4.22. The Kier molecular flexibility index (Phi) is 5.65. The molecule has 0 N–H and O–H groups in total. The average Bonchev–Trinajstić information content (AvgIpc) is 3.00. The van der Waals surface area contributed by atoms with Crippen LogP contribution in [0.15, 0.2) is 24.3 Å². The second kappa shape index (κ2) is 7.96. The van der Waals surface area contributed by atoms with Gasteiger partial charge in [0.25, 0.3) is 0 Å². The third-order valence-electron chi connectivity index (χ3n) is 4.50. The molecule has 27 heavy (non-hydrogen) atoms. The maximum absolute atomic E-state index is 12.2. The second-order valence-electron chi connectivity index (χ2n) is 6.43. The van der Waals surface area contributed by atoms with Crippen LogP contribution in [0.3, 0.4) is 0 Å². The molecule has 0 spiro atoms. The van der Waals surface area contributed by atoms with Gasteiger partial charge in [-0.25, -0.2) is 9.50 Å². The molecule has 0 aliphatic heterocycles. The normalized spacial score (nSPS) is 11.0. The smallest absolute Gasteiger partial charge is 0.306 e. The number of hydrogen-bond acceptors (Lipinski definition) is 5. The van der Waals surface area contributed by atoms with E-state index in [0.717, 1.165) is 33.9 Å². The Morgan fingerprint density at radius 1 is 1.22 bits per heavy atom. The second-order valence-corrected chi connectivity index (χ2v) is 6.87. The van der Waals surface area contributed by atoms with Gasteiger partial charge in [0.1, 0.15) is 12.4 Å². The van der Waals surface area contributed by atoms with Crippen LogP contribution in [0.25, 0.3) is 5.65 Å². The molecule has 7 heteroatoms. The van der Waals surface area contributed by atoms with Gasteiger partial charge in [-0.05, 0) is 51.0 Å². The molecular formula is C20H22ClN3O3. The molecule has 0 atom stereocenters. The lowest BCUT2D eigenvalue weighted by molar-refractivity contribution is -0.144. The van der Waals surface area contributed by atoms with E-state index in [4.69, 9.17) is 21.1 Å². The van der Waals surface area contributed by atoms with Crippen LogP contribution in [0.4, 0.5) is 0 Å². The summed E-state index contributed by atoms with van der Waals surface area (Å²) in [5.74, 6) is 0.357. The standard InChI is InChI=1S/C20H22ClN3O3/c1-12-9-19-22-13(2)17(14(3)24(19)23-12)6-8-20(25)27-11-15-10-16(21)5-7-18(15)26-4/h5,7,9-10H,6,8,11H2,1-4H3. The molecule has 142 valence electrons. The van der Waals surface area contributed by atoms with Crippen LogP contribution in [0.1, 0.15) is 34.6 Å². The van der Waals surface area contributed by atoms with E-state index in [9.17, 15) is 4.79 Å². The number of methoxy groups -OCH3 is 1. The summed E-state index contributed by atoms with van der Waals surface area (Å²) in [4.78, 5) is 16.8. The highest BCUT2D eigenvalue weighted by molar-refractivity contribution is 6.30. The van der Waals surface area contributed by atoms with Gasteiger partial charge in [0.2, 0.25) is 0 Å². The van der Waals surface area contributed by atoms with E-state index >= 15 is 0 Å². The summed E-state index contributed by atoms with van der Waals surface area (Å²) in [6.45, 7) is 6.00. The summed E-state index contributed by atoms with van der Waals surface area (Å²) < 4.78 is 12.5. The molecular weight excluding hydrogens is 366 g/mol. The van der Waals surface area contributed by atoms with Crippen molar-refractivity contribution in [3.8, 4) is 5.75 Å². The van der Waals surface area contributed by atoms with E-state index < -0.39 is 0 Å². The lowest BCUT2D eigenvalue weighted by atomic mass is 10.1. The Hall–Kier alpha value is -2.60. The number of aromatic nitrogens is 3. The Morgan fingerprint density at radius 2 is 2.00 bits per heavy atom. The lowest BCUT2D eigenvalue weighted by Crippen LogP contribution is -2.10. The number of rotatable bonds is 6. The zero-order valence-electron chi connectivity index (χ0n) is 15.9. The van der Waals surface area contributed by atoms with Crippen LogP contribution in [-0.4, -0.2) is 27.7 Å². The van der Waals surface area contributed by atoms with Crippen molar-refractivity contribution in [3.63, 3.8) is 0 Å².